The summed E-state index contributed by atoms with van der Waals surface area (Å²) in [6, 6.07) is 11.8. The number of hydrogen-bond donors (Lipinski definition) is 2. The van der Waals surface area contributed by atoms with Gasteiger partial charge < -0.3 is 20.1 Å². The van der Waals surface area contributed by atoms with Crippen LogP contribution in [0.2, 0.25) is 15.1 Å². The lowest BCUT2D eigenvalue weighted by Gasteiger charge is -2.31. The Bertz CT molecular complexity index is 1250. The summed E-state index contributed by atoms with van der Waals surface area (Å²) in [5, 5.41) is 16.1. The number of nitriles is 1. The number of para-hydroxylation sites is 1. The standard InChI is InChI=1S/C24H20Cl3N3O5S/c1-3-35-21-15(26)8-12(9-16(21)27)19-13(10-28)23(30-22(32)20(19)24(33)34-2)36-11-18(31)29-17-7-5-4-6-14(17)25/h4-9,19-20H,3,11H2,1-2H3,(H,29,31)(H,30,32)/t19-,20-/m0/s1. The number of hydrogen-bond acceptors (Lipinski definition) is 7. The maximum absolute atomic E-state index is 13.0. The van der Waals surface area contributed by atoms with E-state index in [1.165, 1.54) is 12.1 Å². The van der Waals surface area contributed by atoms with Gasteiger partial charge in [0.2, 0.25) is 11.8 Å². The van der Waals surface area contributed by atoms with E-state index < -0.39 is 29.6 Å². The topological polar surface area (TPSA) is 118 Å². The maximum atomic E-state index is 13.0. The molecule has 1 heterocycles. The van der Waals surface area contributed by atoms with Gasteiger partial charge in [0.05, 0.1) is 56.9 Å². The van der Waals surface area contributed by atoms with E-state index in [-0.39, 0.29) is 32.1 Å². The van der Waals surface area contributed by atoms with Crippen molar-refractivity contribution >= 4 is 70.0 Å². The van der Waals surface area contributed by atoms with Crippen LogP contribution in [0.1, 0.15) is 18.4 Å². The average Bonchev–Trinajstić information content (AvgIpc) is 2.85. The van der Waals surface area contributed by atoms with Gasteiger partial charge in [-0.3, -0.25) is 14.4 Å². The molecule has 2 aromatic rings. The van der Waals surface area contributed by atoms with Crippen LogP contribution < -0.4 is 15.4 Å². The fourth-order valence-corrected chi connectivity index (χ4v) is 5.25. The van der Waals surface area contributed by atoms with Gasteiger partial charge in [-0.05, 0) is 36.8 Å². The summed E-state index contributed by atoms with van der Waals surface area (Å²) in [7, 11) is 1.14. The Morgan fingerprint density at radius 2 is 1.83 bits per heavy atom. The third kappa shape index (κ3) is 6.08. The molecule has 1 aliphatic rings. The van der Waals surface area contributed by atoms with E-state index in [1.54, 1.807) is 31.2 Å². The van der Waals surface area contributed by atoms with E-state index in [2.05, 4.69) is 16.7 Å². The van der Waals surface area contributed by atoms with Gasteiger partial charge in [-0.25, -0.2) is 0 Å². The Kier molecular flexibility index (Phi) is 9.51. The molecule has 2 atom stereocenters. The summed E-state index contributed by atoms with van der Waals surface area (Å²) in [5.74, 6) is -4.29. The molecule has 0 aliphatic carbocycles. The number of ether oxygens (including phenoxy) is 2. The Balaban J connectivity index is 1.98. The Hall–Kier alpha value is -2.90. The van der Waals surface area contributed by atoms with E-state index in [0.29, 0.717) is 22.9 Å². The molecule has 0 unspecified atom stereocenters. The first-order valence-corrected chi connectivity index (χ1v) is 12.7. The van der Waals surface area contributed by atoms with Crippen molar-refractivity contribution in [3.63, 3.8) is 0 Å². The number of benzene rings is 2. The molecule has 2 N–H and O–H groups in total. The number of amides is 2. The van der Waals surface area contributed by atoms with Gasteiger partial charge in [-0.1, -0.05) is 58.7 Å². The number of rotatable bonds is 8. The normalized spacial score (nSPS) is 17.2. The van der Waals surface area contributed by atoms with Crippen LogP contribution in [0.15, 0.2) is 47.0 Å². The molecule has 0 bridgehead atoms. The van der Waals surface area contributed by atoms with Crippen molar-refractivity contribution in [1.82, 2.24) is 5.32 Å². The Labute approximate surface area is 226 Å². The summed E-state index contributed by atoms with van der Waals surface area (Å²) in [5.41, 5.74) is 0.819. The zero-order valence-electron chi connectivity index (χ0n) is 19.1. The third-order valence-corrected chi connectivity index (χ3v) is 7.06. The number of nitrogens with zero attached hydrogens (tertiary/aromatic N) is 1. The van der Waals surface area contributed by atoms with Gasteiger partial charge in [0, 0.05) is 5.92 Å². The molecule has 2 amide bonds. The SMILES string of the molecule is CCOc1c(Cl)cc([C@H]2C(C#N)=C(SCC(=O)Nc3ccccc3Cl)NC(=O)[C@H]2C(=O)OC)cc1Cl. The van der Waals surface area contributed by atoms with Crippen molar-refractivity contribution in [2.75, 3.05) is 24.8 Å². The summed E-state index contributed by atoms with van der Waals surface area (Å²) in [6.45, 7) is 2.08. The van der Waals surface area contributed by atoms with Crippen molar-refractivity contribution in [3.8, 4) is 11.8 Å². The average molecular weight is 569 g/mol. The summed E-state index contributed by atoms with van der Waals surface area (Å²) >= 11 is 19.7. The monoisotopic (exact) mass is 567 g/mol. The molecular weight excluding hydrogens is 549 g/mol. The van der Waals surface area contributed by atoms with Crippen molar-refractivity contribution in [2.24, 2.45) is 5.92 Å². The summed E-state index contributed by atoms with van der Waals surface area (Å²) < 4.78 is 10.3. The van der Waals surface area contributed by atoms with Gasteiger partial charge in [0.15, 0.2) is 5.75 Å². The van der Waals surface area contributed by atoms with Gasteiger partial charge in [0.1, 0.15) is 5.92 Å². The molecule has 1 aliphatic heterocycles. The summed E-state index contributed by atoms with van der Waals surface area (Å²) in [6.07, 6.45) is 0. The van der Waals surface area contributed by atoms with E-state index in [9.17, 15) is 19.6 Å². The van der Waals surface area contributed by atoms with Crippen LogP contribution in [0.4, 0.5) is 5.69 Å². The molecule has 12 heteroatoms. The summed E-state index contributed by atoms with van der Waals surface area (Å²) in [4.78, 5) is 38.1. The molecule has 8 nitrogen and oxygen atoms in total. The van der Waals surface area contributed by atoms with E-state index in [0.717, 1.165) is 18.9 Å². The molecule has 0 aromatic heterocycles. The lowest BCUT2D eigenvalue weighted by Crippen LogP contribution is -2.44. The van der Waals surface area contributed by atoms with Crippen molar-refractivity contribution < 1.29 is 23.9 Å². The van der Waals surface area contributed by atoms with Crippen molar-refractivity contribution in [1.29, 1.82) is 5.26 Å². The van der Waals surface area contributed by atoms with E-state index in [4.69, 9.17) is 44.3 Å². The third-order valence-electron chi connectivity index (χ3n) is 5.15. The van der Waals surface area contributed by atoms with Crippen LogP contribution in [0, 0.1) is 17.2 Å². The first kappa shape index (κ1) is 27.7. The first-order chi connectivity index (χ1) is 17.2. The number of methoxy groups -OCH3 is 1. The predicted octanol–water partition coefficient (Wildman–Crippen LogP) is 5.16. The minimum absolute atomic E-state index is 0.0526. The number of allylic oxidation sites excluding steroid dienone is 1. The Morgan fingerprint density at radius 1 is 1.17 bits per heavy atom. The lowest BCUT2D eigenvalue weighted by molar-refractivity contribution is -0.150. The van der Waals surface area contributed by atoms with Crippen LogP contribution in [-0.2, 0) is 19.1 Å². The largest absolute Gasteiger partial charge is 0.491 e. The second-order valence-corrected chi connectivity index (χ2v) is 9.59. The minimum atomic E-state index is -1.38. The maximum Gasteiger partial charge on any atom is 0.319 e. The number of anilines is 1. The fourth-order valence-electron chi connectivity index (χ4n) is 3.61. The Morgan fingerprint density at radius 3 is 2.42 bits per heavy atom. The smallest absolute Gasteiger partial charge is 0.319 e. The molecule has 0 saturated carbocycles. The van der Waals surface area contributed by atoms with Gasteiger partial charge in [0.25, 0.3) is 0 Å². The van der Waals surface area contributed by atoms with Crippen LogP contribution >= 0.6 is 46.6 Å². The zero-order chi connectivity index (χ0) is 26.4. The molecular formula is C24H20Cl3N3O5S. The first-order valence-electron chi connectivity index (χ1n) is 10.5. The molecule has 0 fully saturated rings. The number of carbonyl (C=O) groups excluding carboxylic acids is 3. The fraction of sp³-hybridized carbons (Fsp3) is 0.250. The molecule has 2 aromatic carbocycles. The van der Waals surface area contributed by atoms with Gasteiger partial charge in [-0.15, -0.1) is 0 Å². The van der Waals surface area contributed by atoms with Crippen LogP contribution in [0.3, 0.4) is 0 Å². The van der Waals surface area contributed by atoms with E-state index >= 15 is 0 Å². The highest BCUT2D eigenvalue weighted by Gasteiger charge is 2.44. The van der Waals surface area contributed by atoms with Crippen LogP contribution in [0.25, 0.3) is 0 Å². The van der Waals surface area contributed by atoms with Crippen LogP contribution in [-0.4, -0.2) is 37.3 Å². The highest BCUT2D eigenvalue weighted by Crippen LogP contribution is 2.44. The second kappa shape index (κ2) is 12.4. The highest BCUT2D eigenvalue weighted by atomic mass is 35.5. The van der Waals surface area contributed by atoms with Gasteiger partial charge >= 0.3 is 5.97 Å². The molecule has 0 spiro atoms. The minimum Gasteiger partial charge on any atom is -0.491 e. The van der Waals surface area contributed by atoms with Crippen LogP contribution in [0.5, 0.6) is 5.75 Å². The molecule has 0 radical (unpaired) electrons. The second-order valence-electron chi connectivity index (χ2n) is 7.39. The molecule has 188 valence electrons. The molecule has 0 saturated heterocycles. The molecule has 3 rings (SSSR count). The zero-order valence-corrected chi connectivity index (χ0v) is 22.1. The van der Waals surface area contributed by atoms with E-state index in [1.807, 2.05) is 0 Å². The van der Waals surface area contributed by atoms with Crippen molar-refractivity contribution in [2.45, 2.75) is 12.8 Å². The van der Waals surface area contributed by atoms with Crippen molar-refractivity contribution in [3.05, 3.63) is 67.6 Å². The quantitative estimate of drug-likeness (QED) is 0.334. The number of halogens is 3. The number of carbonyl (C=O) groups is 3. The number of thioether (sulfide) groups is 1. The molecule has 36 heavy (non-hydrogen) atoms. The number of nitrogens with one attached hydrogen (secondary N) is 2. The highest BCUT2D eigenvalue weighted by molar-refractivity contribution is 8.03. The predicted molar refractivity (Wildman–Crippen MR) is 139 cm³/mol. The van der Waals surface area contributed by atoms with Gasteiger partial charge in [-0.2, -0.15) is 5.26 Å². The number of esters is 1. The lowest BCUT2D eigenvalue weighted by atomic mass is 9.78.